The van der Waals surface area contributed by atoms with Gasteiger partial charge in [-0.3, -0.25) is 0 Å². The van der Waals surface area contributed by atoms with Crippen molar-refractivity contribution >= 4 is 11.7 Å². The van der Waals surface area contributed by atoms with Crippen molar-refractivity contribution in [2.24, 2.45) is 0 Å². The molecule has 0 radical (unpaired) electrons. The van der Waals surface area contributed by atoms with Gasteiger partial charge in [0.2, 0.25) is 0 Å². The number of aromatic carboxylic acids is 1. The maximum absolute atomic E-state index is 12.9. The van der Waals surface area contributed by atoms with Crippen LogP contribution in [0.15, 0.2) is 12.1 Å². The molecule has 3 N–H and O–H groups in total. The Morgan fingerprint density at radius 2 is 2.17 bits per heavy atom. The minimum absolute atomic E-state index is 0.00593. The molecule has 0 aromatic heterocycles. The van der Waals surface area contributed by atoms with E-state index >= 15 is 0 Å². The van der Waals surface area contributed by atoms with Crippen LogP contribution in [0.25, 0.3) is 0 Å². The molecule has 3 nitrogen and oxygen atoms in total. The number of anilines is 1. The normalized spacial score (nSPS) is 9.83. The Kier molecular flexibility index (Phi) is 1.99. The summed E-state index contributed by atoms with van der Waals surface area (Å²) in [5.74, 6) is -1.66. The molecule has 4 heteroatoms. The number of hydrogen-bond donors (Lipinski definition) is 2. The molecule has 0 amide bonds. The van der Waals surface area contributed by atoms with Gasteiger partial charge in [0.05, 0.1) is 11.3 Å². The Hall–Kier alpha value is -1.58. The van der Waals surface area contributed by atoms with E-state index in [1.54, 1.807) is 0 Å². The maximum Gasteiger partial charge on any atom is 0.335 e. The third-order valence-corrected chi connectivity index (χ3v) is 1.53. The number of nitrogen functional groups attached to an aromatic ring is 1. The Morgan fingerprint density at radius 3 is 2.58 bits per heavy atom. The average Bonchev–Trinajstić information content (AvgIpc) is 1.99. The van der Waals surface area contributed by atoms with Gasteiger partial charge in [-0.05, 0) is 24.6 Å². The van der Waals surface area contributed by atoms with Gasteiger partial charge in [-0.2, -0.15) is 0 Å². The Balaban J connectivity index is 3.31. The zero-order chi connectivity index (χ0) is 9.30. The number of benzene rings is 1. The van der Waals surface area contributed by atoms with Gasteiger partial charge in [0.1, 0.15) is 5.82 Å². The van der Waals surface area contributed by atoms with Crippen LogP contribution in [0, 0.1) is 12.7 Å². The van der Waals surface area contributed by atoms with E-state index in [1.807, 2.05) is 0 Å². The molecule has 0 fully saturated rings. The van der Waals surface area contributed by atoms with E-state index in [0.717, 1.165) is 6.07 Å². The molecule has 1 rings (SSSR count). The van der Waals surface area contributed by atoms with Gasteiger partial charge < -0.3 is 10.8 Å². The third-order valence-electron chi connectivity index (χ3n) is 1.53. The maximum atomic E-state index is 12.9. The summed E-state index contributed by atoms with van der Waals surface area (Å²) in [7, 11) is 0. The molecule has 0 heterocycles. The standard InChI is InChI=1S/C8H8FNO2/c1-4-2-5(8(11)12)3-6(10)7(4)9/h2-3H,10H2,1H3,(H,11,12). The lowest BCUT2D eigenvalue weighted by atomic mass is 10.1. The second-order valence-electron chi connectivity index (χ2n) is 2.50. The lowest BCUT2D eigenvalue weighted by Crippen LogP contribution is -2.01. The lowest BCUT2D eigenvalue weighted by Gasteiger charge is -2.02. The molecule has 0 bridgehead atoms. The van der Waals surface area contributed by atoms with Gasteiger partial charge in [-0.15, -0.1) is 0 Å². The average molecular weight is 169 g/mol. The van der Waals surface area contributed by atoms with E-state index in [9.17, 15) is 9.18 Å². The fourth-order valence-corrected chi connectivity index (χ4v) is 0.920. The van der Waals surface area contributed by atoms with E-state index in [-0.39, 0.29) is 16.8 Å². The highest BCUT2D eigenvalue weighted by molar-refractivity contribution is 5.89. The molecule has 0 saturated carbocycles. The van der Waals surface area contributed by atoms with Crippen molar-refractivity contribution in [2.45, 2.75) is 6.92 Å². The summed E-state index contributed by atoms with van der Waals surface area (Å²) in [6, 6.07) is 2.35. The van der Waals surface area contributed by atoms with Crippen molar-refractivity contribution < 1.29 is 14.3 Å². The number of carboxylic acid groups (broad SMARTS) is 1. The fourth-order valence-electron chi connectivity index (χ4n) is 0.920. The number of carbonyl (C=O) groups is 1. The summed E-state index contributed by atoms with van der Waals surface area (Å²) in [6.07, 6.45) is 0. The van der Waals surface area contributed by atoms with Crippen LogP contribution in [-0.2, 0) is 0 Å². The van der Waals surface area contributed by atoms with Crippen molar-refractivity contribution in [2.75, 3.05) is 5.73 Å². The first-order chi connectivity index (χ1) is 5.52. The zero-order valence-electron chi connectivity index (χ0n) is 6.47. The van der Waals surface area contributed by atoms with Crippen molar-refractivity contribution in [3.8, 4) is 0 Å². The largest absolute Gasteiger partial charge is 0.478 e. The number of carboxylic acids is 1. The van der Waals surface area contributed by atoms with E-state index in [2.05, 4.69) is 0 Å². The molecule has 12 heavy (non-hydrogen) atoms. The van der Waals surface area contributed by atoms with Crippen LogP contribution in [0.3, 0.4) is 0 Å². The fraction of sp³-hybridized carbons (Fsp3) is 0.125. The van der Waals surface area contributed by atoms with Gasteiger partial charge in [0.25, 0.3) is 0 Å². The zero-order valence-corrected chi connectivity index (χ0v) is 6.47. The van der Waals surface area contributed by atoms with Crippen molar-refractivity contribution in [1.82, 2.24) is 0 Å². The Morgan fingerprint density at radius 1 is 1.58 bits per heavy atom. The van der Waals surface area contributed by atoms with Gasteiger partial charge in [-0.25, -0.2) is 9.18 Å². The van der Waals surface area contributed by atoms with Gasteiger partial charge in [0, 0.05) is 0 Å². The molecule has 0 spiro atoms. The summed E-state index contributed by atoms with van der Waals surface area (Å²) in [4.78, 5) is 10.4. The number of rotatable bonds is 1. The minimum Gasteiger partial charge on any atom is -0.478 e. The molecular formula is C8H8FNO2. The number of halogens is 1. The van der Waals surface area contributed by atoms with Gasteiger partial charge in [0.15, 0.2) is 0 Å². The monoisotopic (exact) mass is 169 g/mol. The van der Waals surface area contributed by atoms with Gasteiger partial charge in [-0.1, -0.05) is 0 Å². The Labute approximate surface area is 68.6 Å². The quantitative estimate of drug-likeness (QED) is 0.625. The van der Waals surface area contributed by atoms with Crippen molar-refractivity contribution in [3.63, 3.8) is 0 Å². The predicted molar refractivity (Wildman–Crippen MR) is 42.5 cm³/mol. The van der Waals surface area contributed by atoms with E-state index in [4.69, 9.17) is 10.8 Å². The molecule has 0 atom stereocenters. The van der Waals surface area contributed by atoms with E-state index in [1.165, 1.54) is 13.0 Å². The summed E-state index contributed by atoms with van der Waals surface area (Å²) >= 11 is 0. The van der Waals surface area contributed by atoms with E-state index < -0.39 is 11.8 Å². The van der Waals surface area contributed by atoms with Crippen LogP contribution in [-0.4, -0.2) is 11.1 Å². The van der Waals surface area contributed by atoms with E-state index in [0.29, 0.717) is 0 Å². The first kappa shape index (κ1) is 8.52. The first-order valence-electron chi connectivity index (χ1n) is 3.31. The highest BCUT2D eigenvalue weighted by Crippen LogP contribution is 2.16. The van der Waals surface area contributed by atoms with Crippen LogP contribution in [0.2, 0.25) is 0 Å². The predicted octanol–water partition coefficient (Wildman–Crippen LogP) is 1.41. The Bertz CT molecular complexity index is 313. The molecule has 0 unspecified atom stereocenters. The number of hydrogen-bond acceptors (Lipinski definition) is 2. The van der Waals surface area contributed by atoms with Crippen molar-refractivity contribution in [1.29, 1.82) is 0 Å². The molecular weight excluding hydrogens is 161 g/mol. The topological polar surface area (TPSA) is 63.3 Å². The lowest BCUT2D eigenvalue weighted by molar-refractivity contribution is 0.0697. The molecule has 0 aliphatic heterocycles. The summed E-state index contributed by atoms with van der Waals surface area (Å²) < 4.78 is 12.9. The highest BCUT2D eigenvalue weighted by atomic mass is 19.1. The second kappa shape index (κ2) is 2.81. The molecule has 1 aromatic carbocycles. The van der Waals surface area contributed by atoms with Gasteiger partial charge >= 0.3 is 5.97 Å². The summed E-state index contributed by atoms with van der Waals surface area (Å²) in [5, 5.41) is 8.55. The van der Waals surface area contributed by atoms with Crippen LogP contribution in [0.1, 0.15) is 15.9 Å². The smallest absolute Gasteiger partial charge is 0.335 e. The number of aryl methyl sites for hydroxylation is 1. The van der Waals surface area contributed by atoms with Crippen LogP contribution in [0.4, 0.5) is 10.1 Å². The number of nitrogens with two attached hydrogens (primary N) is 1. The van der Waals surface area contributed by atoms with Crippen LogP contribution >= 0.6 is 0 Å². The van der Waals surface area contributed by atoms with Crippen molar-refractivity contribution in [3.05, 3.63) is 29.1 Å². The third kappa shape index (κ3) is 1.37. The minimum atomic E-state index is -1.11. The molecule has 0 aliphatic carbocycles. The first-order valence-corrected chi connectivity index (χ1v) is 3.31. The molecule has 0 saturated heterocycles. The van der Waals surface area contributed by atoms with Crippen LogP contribution in [0.5, 0.6) is 0 Å². The summed E-state index contributed by atoms with van der Waals surface area (Å²) in [6.45, 7) is 1.47. The summed E-state index contributed by atoms with van der Waals surface area (Å²) in [5.41, 5.74) is 5.34. The van der Waals surface area contributed by atoms with Crippen LogP contribution < -0.4 is 5.73 Å². The molecule has 64 valence electrons. The molecule has 0 aliphatic rings. The second-order valence-corrected chi connectivity index (χ2v) is 2.50. The highest BCUT2D eigenvalue weighted by Gasteiger charge is 2.08. The SMILES string of the molecule is Cc1cc(C(=O)O)cc(N)c1F. The molecule has 1 aromatic rings.